The minimum atomic E-state index is -3.67. The van der Waals surface area contributed by atoms with Gasteiger partial charge in [0.15, 0.2) is 0 Å². The van der Waals surface area contributed by atoms with Crippen LogP contribution >= 0.6 is 0 Å². The van der Waals surface area contributed by atoms with E-state index in [2.05, 4.69) is 30.7 Å². The molecule has 0 amide bonds. The van der Waals surface area contributed by atoms with E-state index in [1.807, 2.05) is 6.92 Å². The molecule has 5 heteroatoms. The van der Waals surface area contributed by atoms with Crippen LogP contribution in [0.4, 0.5) is 0 Å². The molecule has 0 atom stereocenters. The lowest BCUT2D eigenvalue weighted by molar-refractivity contribution is 0.444. The Kier molecular flexibility index (Phi) is 10.9. The molecule has 1 N–H and O–H groups in total. The number of nitrogens with zero attached hydrogens (tertiary/aromatic N) is 1. The molecule has 0 aliphatic carbocycles. The SMILES string of the molecule is CC#CN(CC)CC.CCCS(=O)(=O)O. The van der Waals surface area contributed by atoms with Gasteiger partial charge in [0.05, 0.1) is 5.75 Å². The van der Waals surface area contributed by atoms with Crippen molar-refractivity contribution in [3.63, 3.8) is 0 Å². The summed E-state index contributed by atoms with van der Waals surface area (Å²) in [5.74, 6) is 2.71. The van der Waals surface area contributed by atoms with Gasteiger partial charge in [0, 0.05) is 19.1 Å². The lowest BCUT2D eigenvalue weighted by Gasteiger charge is -2.09. The minimum Gasteiger partial charge on any atom is -0.333 e. The first kappa shape index (κ1) is 16.7. The first-order valence-electron chi connectivity index (χ1n) is 5.03. The second-order valence-electron chi connectivity index (χ2n) is 2.82. The van der Waals surface area contributed by atoms with E-state index in [1.165, 1.54) is 0 Å². The van der Waals surface area contributed by atoms with Crippen LogP contribution in [0.1, 0.15) is 34.1 Å². The van der Waals surface area contributed by atoms with E-state index in [0.717, 1.165) is 13.1 Å². The first-order chi connectivity index (χ1) is 6.91. The maximum Gasteiger partial charge on any atom is 0.264 e. The van der Waals surface area contributed by atoms with Gasteiger partial charge in [-0.3, -0.25) is 4.55 Å². The Labute approximate surface area is 93.4 Å². The smallest absolute Gasteiger partial charge is 0.264 e. The predicted octanol–water partition coefficient (Wildman–Crippen LogP) is 1.59. The lowest BCUT2D eigenvalue weighted by Crippen LogP contribution is -2.15. The van der Waals surface area contributed by atoms with E-state index in [0.29, 0.717) is 6.42 Å². The summed E-state index contributed by atoms with van der Waals surface area (Å²) in [5, 5.41) is 0. The largest absolute Gasteiger partial charge is 0.333 e. The third kappa shape index (κ3) is 16.0. The highest BCUT2D eigenvalue weighted by molar-refractivity contribution is 7.85. The van der Waals surface area contributed by atoms with Gasteiger partial charge < -0.3 is 4.90 Å². The molecule has 0 aliphatic rings. The van der Waals surface area contributed by atoms with E-state index in [9.17, 15) is 8.42 Å². The molecule has 0 aromatic heterocycles. The summed E-state index contributed by atoms with van der Waals surface area (Å²) in [7, 11) is -3.67. The Hall–Kier alpha value is -0.730. The van der Waals surface area contributed by atoms with Gasteiger partial charge in [0.2, 0.25) is 0 Å². The molecular weight excluding hydrogens is 214 g/mol. The van der Waals surface area contributed by atoms with Crippen LogP contribution in [-0.2, 0) is 10.1 Å². The van der Waals surface area contributed by atoms with E-state index in [1.54, 1.807) is 6.92 Å². The van der Waals surface area contributed by atoms with Crippen molar-refractivity contribution in [3.05, 3.63) is 0 Å². The average Bonchev–Trinajstić information content (AvgIpc) is 2.13. The van der Waals surface area contributed by atoms with Crippen LogP contribution in [0.25, 0.3) is 0 Å². The number of rotatable bonds is 4. The Balaban J connectivity index is 0. The van der Waals surface area contributed by atoms with Crippen LogP contribution in [0, 0.1) is 12.0 Å². The van der Waals surface area contributed by atoms with Crippen molar-refractivity contribution >= 4 is 10.1 Å². The molecule has 0 saturated heterocycles. The molecule has 0 saturated carbocycles. The van der Waals surface area contributed by atoms with Crippen molar-refractivity contribution in [2.75, 3.05) is 18.8 Å². The third-order valence-electron chi connectivity index (χ3n) is 1.50. The van der Waals surface area contributed by atoms with Crippen LogP contribution in [0.3, 0.4) is 0 Å². The molecule has 90 valence electrons. The van der Waals surface area contributed by atoms with Crippen molar-refractivity contribution < 1.29 is 13.0 Å². The molecule has 0 heterocycles. The summed E-state index contributed by atoms with van der Waals surface area (Å²) < 4.78 is 27.6. The highest BCUT2D eigenvalue weighted by Crippen LogP contribution is 1.83. The monoisotopic (exact) mass is 235 g/mol. The quantitative estimate of drug-likeness (QED) is 0.457. The van der Waals surface area contributed by atoms with Crippen molar-refractivity contribution in [3.8, 4) is 12.0 Å². The van der Waals surface area contributed by atoms with Crippen molar-refractivity contribution in [1.29, 1.82) is 0 Å². The average molecular weight is 235 g/mol. The summed E-state index contributed by atoms with van der Waals surface area (Å²) in [5.41, 5.74) is 0. The van der Waals surface area contributed by atoms with Gasteiger partial charge in [-0.05, 0) is 27.2 Å². The summed E-state index contributed by atoms with van der Waals surface area (Å²) in [6.45, 7) is 9.81. The molecule has 0 aromatic carbocycles. The van der Waals surface area contributed by atoms with Crippen LogP contribution in [0.15, 0.2) is 0 Å². The van der Waals surface area contributed by atoms with Gasteiger partial charge in [-0.25, -0.2) is 0 Å². The molecular formula is C10H21NO3S. The molecule has 0 bridgehead atoms. The second-order valence-corrected chi connectivity index (χ2v) is 4.39. The maximum atomic E-state index is 9.79. The molecule has 4 nitrogen and oxygen atoms in total. The fraction of sp³-hybridized carbons (Fsp3) is 0.800. The first-order valence-corrected chi connectivity index (χ1v) is 6.64. The molecule has 0 radical (unpaired) electrons. The number of hydrogen-bond acceptors (Lipinski definition) is 3. The predicted molar refractivity (Wildman–Crippen MR) is 63.1 cm³/mol. The topological polar surface area (TPSA) is 57.6 Å². The van der Waals surface area contributed by atoms with Gasteiger partial charge in [-0.15, -0.1) is 0 Å². The molecule has 0 aliphatic heterocycles. The Bertz CT molecular complexity index is 284. The molecule has 0 unspecified atom stereocenters. The Morgan fingerprint density at radius 1 is 1.20 bits per heavy atom. The zero-order valence-electron chi connectivity index (χ0n) is 9.95. The maximum absolute atomic E-state index is 9.79. The van der Waals surface area contributed by atoms with Crippen LogP contribution in [0.2, 0.25) is 0 Å². The molecule has 0 fully saturated rings. The fourth-order valence-corrected chi connectivity index (χ4v) is 1.31. The number of hydrogen-bond donors (Lipinski definition) is 1. The minimum absolute atomic E-state index is 0.132. The highest BCUT2D eigenvalue weighted by Gasteiger charge is 1.98. The van der Waals surface area contributed by atoms with Gasteiger partial charge in [0.25, 0.3) is 10.1 Å². The lowest BCUT2D eigenvalue weighted by atomic mass is 10.5. The summed E-state index contributed by atoms with van der Waals surface area (Å²) in [6, 6.07) is 2.97. The van der Waals surface area contributed by atoms with Crippen LogP contribution in [-0.4, -0.2) is 36.7 Å². The van der Waals surface area contributed by atoms with Gasteiger partial charge >= 0.3 is 0 Å². The second kappa shape index (κ2) is 9.81. The fourth-order valence-electron chi connectivity index (χ4n) is 0.798. The Morgan fingerprint density at radius 2 is 1.67 bits per heavy atom. The van der Waals surface area contributed by atoms with Crippen molar-refractivity contribution in [1.82, 2.24) is 4.90 Å². The summed E-state index contributed by atoms with van der Waals surface area (Å²) >= 11 is 0. The van der Waals surface area contributed by atoms with E-state index < -0.39 is 10.1 Å². The normalized spacial score (nSPS) is 9.40. The highest BCUT2D eigenvalue weighted by atomic mass is 32.2. The van der Waals surface area contributed by atoms with E-state index in [4.69, 9.17) is 4.55 Å². The molecule has 0 spiro atoms. The van der Waals surface area contributed by atoms with Crippen LogP contribution < -0.4 is 0 Å². The van der Waals surface area contributed by atoms with E-state index in [-0.39, 0.29) is 5.75 Å². The van der Waals surface area contributed by atoms with Gasteiger partial charge in [0.1, 0.15) is 0 Å². The van der Waals surface area contributed by atoms with Crippen LogP contribution in [0.5, 0.6) is 0 Å². The van der Waals surface area contributed by atoms with Gasteiger partial charge in [-0.1, -0.05) is 12.8 Å². The zero-order valence-corrected chi connectivity index (χ0v) is 10.8. The Morgan fingerprint density at radius 3 is 1.73 bits per heavy atom. The summed E-state index contributed by atoms with van der Waals surface area (Å²) in [6.07, 6.45) is 0.471. The molecule has 0 aromatic rings. The van der Waals surface area contributed by atoms with Crippen molar-refractivity contribution in [2.24, 2.45) is 0 Å². The van der Waals surface area contributed by atoms with E-state index >= 15 is 0 Å². The standard InChI is InChI=1S/C7H13N.C3H8O3S/c1-4-7-8(5-2)6-3;1-2-3-7(4,5)6/h5-6H2,1-3H3;2-3H2,1H3,(H,4,5,6). The third-order valence-corrected chi connectivity index (χ3v) is 2.42. The van der Waals surface area contributed by atoms with Gasteiger partial charge in [-0.2, -0.15) is 8.42 Å². The zero-order chi connectivity index (χ0) is 12.3. The molecule has 0 rings (SSSR count). The summed E-state index contributed by atoms with van der Waals surface area (Å²) in [4.78, 5) is 2.07. The molecule has 15 heavy (non-hydrogen) atoms. The van der Waals surface area contributed by atoms with Crippen molar-refractivity contribution in [2.45, 2.75) is 34.1 Å².